The minimum atomic E-state index is 1.05. The zero-order chi connectivity index (χ0) is 18.7. The molecule has 0 nitrogen and oxygen atoms in total. The molecule has 0 atom stereocenters. The van der Waals surface area contributed by atoms with Crippen LogP contribution in [-0.4, -0.2) is 0 Å². The highest BCUT2D eigenvalue weighted by Gasteiger charge is 2.29. The van der Waals surface area contributed by atoms with Gasteiger partial charge in [-0.2, -0.15) is 0 Å². The van der Waals surface area contributed by atoms with Crippen LogP contribution in [0.15, 0.2) is 65.3 Å². The smallest absolute Gasteiger partial charge is 0.0134 e. The highest BCUT2D eigenvalue weighted by molar-refractivity contribution is 5.93. The Morgan fingerprint density at radius 3 is 2.61 bits per heavy atom. The van der Waals surface area contributed by atoms with Crippen LogP contribution in [-0.2, 0) is 25.7 Å². The number of hydrogen-bond donors (Lipinski definition) is 0. The summed E-state index contributed by atoms with van der Waals surface area (Å²) in [6, 6.07) is 11.6. The van der Waals surface area contributed by atoms with Crippen molar-refractivity contribution in [3.05, 3.63) is 111 Å². The average molecular weight is 362 g/mol. The Morgan fingerprint density at radius 1 is 0.821 bits per heavy atom. The van der Waals surface area contributed by atoms with Gasteiger partial charge in [0.1, 0.15) is 0 Å². The minimum absolute atomic E-state index is 1.05. The highest BCUT2D eigenvalue weighted by atomic mass is 14.3. The summed E-state index contributed by atoms with van der Waals surface area (Å²) in [4.78, 5) is 0. The van der Waals surface area contributed by atoms with Crippen molar-refractivity contribution >= 4 is 11.6 Å². The molecular formula is C28H25. The summed E-state index contributed by atoms with van der Waals surface area (Å²) in [7, 11) is 0. The molecular weight excluding hydrogens is 336 g/mol. The van der Waals surface area contributed by atoms with E-state index < -0.39 is 0 Å². The second-order valence-corrected chi connectivity index (χ2v) is 8.69. The van der Waals surface area contributed by atoms with E-state index in [9.17, 15) is 0 Å². The van der Waals surface area contributed by atoms with E-state index in [1.54, 1.807) is 22.3 Å². The fourth-order valence-corrected chi connectivity index (χ4v) is 5.66. The van der Waals surface area contributed by atoms with E-state index in [1.165, 1.54) is 64.7 Å². The number of hydrogen-bond acceptors (Lipinski definition) is 0. The fraction of sp³-hybridized carbons (Fsp3) is 0.250. The van der Waals surface area contributed by atoms with Crippen molar-refractivity contribution in [2.24, 2.45) is 0 Å². The molecule has 0 amide bonds. The lowest BCUT2D eigenvalue weighted by Gasteiger charge is -2.31. The van der Waals surface area contributed by atoms with Crippen molar-refractivity contribution in [1.29, 1.82) is 0 Å². The van der Waals surface area contributed by atoms with Crippen molar-refractivity contribution in [2.45, 2.75) is 45.4 Å². The molecule has 0 spiro atoms. The molecule has 0 heterocycles. The Morgan fingerprint density at radius 2 is 1.68 bits per heavy atom. The molecule has 0 aliphatic heterocycles. The molecule has 0 bridgehead atoms. The molecule has 0 saturated carbocycles. The van der Waals surface area contributed by atoms with Crippen LogP contribution in [0.5, 0.6) is 0 Å². The summed E-state index contributed by atoms with van der Waals surface area (Å²) < 4.78 is 0. The predicted molar refractivity (Wildman–Crippen MR) is 118 cm³/mol. The van der Waals surface area contributed by atoms with E-state index in [2.05, 4.69) is 68.0 Å². The topological polar surface area (TPSA) is 0 Å². The molecule has 2 aromatic carbocycles. The zero-order valence-corrected chi connectivity index (χ0v) is 16.5. The van der Waals surface area contributed by atoms with Crippen LogP contribution in [0, 0.1) is 6.42 Å². The molecule has 0 fully saturated rings. The molecule has 0 saturated heterocycles. The second-order valence-electron chi connectivity index (χ2n) is 8.69. The van der Waals surface area contributed by atoms with Crippen molar-refractivity contribution < 1.29 is 0 Å². The van der Waals surface area contributed by atoms with E-state index >= 15 is 0 Å². The molecule has 4 aliphatic rings. The summed E-state index contributed by atoms with van der Waals surface area (Å²) in [6.45, 7) is 2.28. The first-order valence-corrected chi connectivity index (χ1v) is 10.7. The first-order chi connectivity index (χ1) is 13.8. The number of rotatable bonds is 1. The van der Waals surface area contributed by atoms with E-state index in [0.717, 1.165) is 12.8 Å². The van der Waals surface area contributed by atoms with Crippen molar-refractivity contribution in [3.8, 4) is 0 Å². The van der Waals surface area contributed by atoms with Gasteiger partial charge in [-0.1, -0.05) is 54.1 Å². The van der Waals surface area contributed by atoms with Gasteiger partial charge < -0.3 is 0 Å². The van der Waals surface area contributed by atoms with Crippen LogP contribution < -0.4 is 0 Å². The quantitative estimate of drug-likeness (QED) is 0.538. The lowest BCUT2D eigenvalue weighted by molar-refractivity contribution is 0.682. The van der Waals surface area contributed by atoms with Crippen molar-refractivity contribution in [3.63, 3.8) is 0 Å². The summed E-state index contributed by atoms with van der Waals surface area (Å²) >= 11 is 0. The molecule has 0 N–H and O–H groups in total. The Balaban J connectivity index is 1.67. The van der Waals surface area contributed by atoms with Crippen LogP contribution >= 0.6 is 0 Å². The number of benzene rings is 2. The number of fused-ring (bicyclic) bond motifs is 5. The van der Waals surface area contributed by atoms with Gasteiger partial charge in [-0.25, -0.2) is 0 Å². The summed E-state index contributed by atoms with van der Waals surface area (Å²) in [5.74, 6) is 0. The van der Waals surface area contributed by atoms with Gasteiger partial charge in [0.2, 0.25) is 0 Å². The van der Waals surface area contributed by atoms with E-state index in [0.29, 0.717) is 0 Å². The summed E-state index contributed by atoms with van der Waals surface area (Å²) in [6.07, 6.45) is 18.8. The van der Waals surface area contributed by atoms with Crippen LogP contribution in [0.2, 0.25) is 0 Å². The average Bonchev–Trinajstić information content (AvgIpc) is 3.12. The molecule has 0 unspecified atom stereocenters. The molecule has 28 heavy (non-hydrogen) atoms. The van der Waals surface area contributed by atoms with E-state index in [4.69, 9.17) is 0 Å². The van der Waals surface area contributed by atoms with Gasteiger partial charge in [-0.05, 0) is 107 Å². The van der Waals surface area contributed by atoms with Crippen molar-refractivity contribution in [2.75, 3.05) is 0 Å². The molecule has 4 aliphatic carbocycles. The third kappa shape index (κ3) is 2.37. The third-order valence-corrected chi connectivity index (χ3v) is 6.87. The van der Waals surface area contributed by atoms with Gasteiger partial charge in [0.05, 0.1) is 0 Å². The van der Waals surface area contributed by atoms with Gasteiger partial charge in [0.15, 0.2) is 0 Å². The molecule has 2 aromatic rings. The first-order valence-electron chi connectivity index (χ1n) is 10.7. The zero-order valence-electron chi connectivity index (χ0n) is 16.5. The maximum Gasteiger partial charge on any atom is 0.0134 e. The Bertz CT molecular complexity index is 1130. The Hall–Kier alpha value is -2.60. The molecule has 0 heteroatoms. The predicted octanol–water partition coefficient (Wildman–Crippen LogP) is 6.58. The largest absolute Gasteiger partial charge is 0.0760 e. The Labute approximate surface area is 168 Å². The van der Waals surface area contributed by atoms with Gasteiger partial charge in [-0.15, -0.1) is 0 Å². The van der Waals surface area contributed by atoms with Crippen LogP contribution in [0.25, 0.3) is 11.6 Å². The summed E-state index contributed by atoms with van der Waals surface area (Å²) in [5, 5.41) is 0. The van der Waals surface area contributed by atoms with Crippen LogP contribution in [0.3, 0.4) is 0 Å². The molecule has 137 valence electrons. The lowest BCUT2D eigenvalue weighted by atomic mass is 9.73. The maximum absolute atomic E-state index is 2.54. The fourth-order valence-electron chi connectivity index (χ4n) is 5.66. The standard InChI is InChI=1S/C28H25/c1-18-14-21-17-27(25-13-7-6-12-24(25)26(21)15-18)28-22-10-4-2-8-19(22)16-20-9-3-5-11-23(20)28/h2-5,8-11,15,17H,6-7,12-14,16H2,1H3. The Kier molecular flexibility index (Phi) is 3.63. The normalized spacial score (nSPS) is 19.5. The van der Waals surface area contributed by atoms with E-state index in [1.807, 2.05) is 0 Å². The highest BCUT2D eigenvalue weighted by Crippen LogP contribution is 2.45. The van der Waals surface area contributed by atoms with E-state index in [-0.39, 0.29) is 0 Å². The summed E-state index contributed by atoms with van der Waals surface area (Å²) in [5.41, 5.74) is 16.7. The van der Waals surface area contributed by atoms with Crippen LogP contribution in [0.1, 0.15) is 58.7 Å². The van der Waals surface area contributed by atoms with Crippen molar-refractivity contribution in [1.82, 2.24) is 0 Å². The van der Waals surface area contributed by atoms with Gasteiger partial charge in [0, 0.05) is 6.42 Å². The first kappa shape index (κ1) is 16.4. The maximum atomic E-state index is 2.54. The lowest BCUT2D eigenvalue weighted by Crippen LogP contribution is -2.15. The third-order valence-electron chi connectivity index (χ3n) is 6.87. The molecule has 0 aromatic heterocycles. The second kappa shape index (κ2) is 6.21. The minimum Gasteiger partial charge on any atom is -0.0760 e. The molecule has 1 radical (unpaired) electrons. The number of allylic oxidation sites excluding steroid dienone is 6. The van der Waals surface area contributed by atoms with Gasteiger partial charge in [-0.3, -0.25) is 0 Å². The molecule has 6 rings (SSSR count). The van der Waals surface area contributed by atoms with Gasteiger partial charge >= 0.3 is 0 Å². The monoisotopic (exact) mass is 361 g/mol. The van der Waals surface area contributed by atoms with Gasteiger partial charge in [0.25, 0.3) is 0 Å². The van der Waals surface area contributed by atoms with Crippen LogP contribution in [0.4, 0.5) is 0 Å². The SMILES string of the molecule is CC1=Cc2c(cc(C3=C4[CH]C=CC=C4Cc4ccccc43)c3c2CCCC3)C1.